The minimum absolute atomic E-state index is 0.171. The lowest BCUT2D eigenvalue weighted by atomic mass is 10.0. The maximum Gasteiger partial charge on any atom is 0.342 e. The van der Waals surface area contributed by atoms with E-state index < -0.39 is 5.97 Å². The van der Waals surface area contributed by atoms with Gasteiger partial charge in [0.2, 0.25) is 0 Å². The van der Waals surface area contributed by atoms with E-state index in [1.807, 2.05) is 74.5 Å². The zero-order valence-electron chi connectivity index (χ0n) is 16.9. The molecule has 0 fully saturated rings. The van der Waals surface area contributed by atoms with Gasteiger partial charge in [-0.05, 0) is 37.5 Å². The highest BCUT2D eigenvalue weighted by molar-refractivity contribution is 5.93. The highest BCUT2D eigenvalue weighted by Crippen LogP contribution is 2.18. The van der Waals surface area contributed by atoms with E-state index in [4.69, 9.17) is 4.74 Å². The van der Waals surface area contributed by atoms with E-state index in [0.29, 0.717) is 23.5 Å². The number of carbonyl (C=O) groups excluding carboxylic acids is 2. The highest BCUT2D eigenvalue weighted by Gasteiger charge is 2.21. The molecule has 1 atom stereocenters. The Hall–Kier alpha value is -3.41. The van der Waals surface area contributed by atoms with Crippen molar-refractivity contribution in [1.82, 2.24) is 15.1 Å². The molecule has 0 saturated heterocycles. The molecule has 0 aliphatic rings. The Labute approximate surface area is 170 Å². The summed E-state index contributed by atoms with van der Waals surface area (Å²) in [6.45, 7) is 5.75. The van der Waals surface area contributed by atoms with Crippen molar-refractivity contribution in [2.45, 2.75) is 26.7 Å². The van der Waals surface area contributed by atoms with E-state index in [1.54, 1.807) is 11.6 Å². The number of ether oxygens (including phenoxy) is 1. The van der Waals surface area contributed by atoms with Crippen LogP contribution in [0.2, 0.25) is 0 Å². The molecule has 1 amide bonds. The molecule has 0 bridgehead atoms. The molecule has 1 N–H and O–H groups in total. The van der Waals surface area contributed by atoms with Crippen LogP contribution in [0.4, 0.5) is 0 Å². The van der Waals surface area contributed by atoms with Gasteiger partial charge in [0.05, 0.1) is 17.1 Å². The van der Waals surface area contributed by atoms with Gasteiger partial charge in [-0.25, -0.2) is 9.48 Å². The number of aryl methyl sites for hydroxylation is 1. The third-order valence-corrected chi connectivity index (χ3v) is 4.80. The average Bonchev–Trinajstić information content (AvgIpc) is 3.05. The Bertz CT molecular complexity index is 981. The minimum atomic E-state index is -0.548. The first-order valence-corrected chi connectivity index (χ1v) is 9.57. The van der Waals surface area contributed by atoms with Gasteiger partial charge in [-0.1, -0.05) is 55.5 Å². The van der Waals surface area contributed by atoms with Crippen molar-refractivity contribution in [3.8, 4) is 5.69 Å². The summed E-state index contributed by atoms with van der Waals surface area (Å²) in [4.78, 5) is 24.6. The number of carbonyl (C=O) groups is 2. The Morgan fingerprint density at radius 1 is 1.03 bits per heavy atom. The molecule has 3 aromatic rings. The zero-order valence-corrected chi connectivity index (χ0v) is 16.9. The predicted octanol–water partition coefficient (Wildman–Crippen LogP) is 3.57. The monoisotopic (exact) mass is 391 g/mol. The van der Waals surface area contributed by atoms with Crippen LogP contribution < -0.4 is 5.32 Å². The first-order valence-electron chi connectivity index (χ1n) is 9.57. The van der Waals surface area contributed by atoms with Crippen LogP contribution in [0.5, 0.6) is 0 Å². The number of hydrogen-bond acceptors (Lipinski definition) is 4. The number of rotatable bonds is 7. The average molecular weight is 391 g/mol. The Kier molecular flexibility index (Phi) is 6.44. The molecule has 150 valence electrons. The van der Waals surface area contributed by atoms with Crippen molar-refractivity contribution in [1.29, 1.82) is 0 Å². The molecule has 0 aliphatic carbocycles. The highest BCUT2D eigenvalue weighted by atomic mass is 16.5. The molecular weight excluding hydrogens is 366 g/mol. The SMILES string of the molecule is Cc1nn(-c2ccccc2)c(C)c1C(=O)OCC(=O)NC[C@H](C)c1ccccc1. The largest absolute Gasteiger partial charge is 0.452 e. The van der Waals surface area contributed by atoms with Crippen molar-refractivity contribution < 1.29 is 14.3 Å². The summed E-state index contributed by atoms with van der Waals surface area (Å²) in [6, 6.07) is 19.5. The number of esters is 1. The van der Waals surface area contributed by atoms with E-state index in [9.17, 15) is 9.59 Å². The molecule has 2 aromatic carbocycles. The number of nitrogens with one attached hydrogen (secondary N) is 1. The van der Waals surface area contributed by atoms with Gasteiger partial charge < -0.3 is 10.1 Å². The fraction of sp³-hybridized carbons (Fsp3) is 0.261. The van der Waals surface area contributed by atoms with Gasteiger partial charge in [-0.15, -0.1) is 0 Å². The normalized spacial score (nSPS) is 11.7. The van der Waals surface area contributed by atoms with Crippen molar-refractivity contribution in [2.24, 2.45) is 0 Å². The fourth-order valence-electron chi connectivity index (χ4n) is 3.18. The lowest BCUT2D eigenvalue weighted by Crippen LogP contribution is -2.31. The van der Waals surface area contributed by atoms with Gasteiger partial charge in [-0.3, -0.25) is 4.79 Å². The van der Waals surface area contributed by atoms with Gasteiger partial charge >= 0.3 is 5.97 Å². The third kappa shape index (κ3) is 4.90. The molecule has 0 saturated carbocycles. The van der Waals surface area contributed by atoms with E-state index in [1.165, 1.54) is 0 Å². The number of para-hydroxylation sites is 1. The van der Waals surface area contributed by atoms with Crippen LogP contribution in [0.15, 0.2) is 60.7 Å². The molecule has 0 unspecified atom stereocenters. The molecule has 29 heavy (non-hydrogen) atoms. The Balaban J connectivity index is 1.57. The van der Waals surface area contributed by atoms with Crippen LogP contribution in [0.25, 0.3) is 5.69 Å². The van der Waals surface area contributed by atoms with Crippen molar-refractivity contribution in [3.63, 3.8) is 0 Å². The first kappa shape index (κ1) is 20.3. The third-order valence-electron chi connectivity index (χ3n) is 4.80. The quantitative estimate of drug-likeness (QED) is 0.625. The molecular formula is C23H25N3O3. The van der Waals surface area contributed by atoms with Crippen LogP contribution >= 0.6 is 0 Å². The molecule has 1 aromatic heterocycles. The van der Waals surface area contributed by atoms with Crippen LogP contribution in [-0.4, -0.2) is 34.8 Å². The number of aromatic nitrogens is 2. The Morgan fingerprint density at radius 2 is 1.66 bits per heavy atom. The summed E-state index contributed by atoms with van der Waals surface area (Å²) in [7, 11) is 0. The molecule has 1 heterocycles. The summed E-state index contributed by atoms with van der Waals surface area (Å²) in [5.74, 6) is -0.704. The van der Waals surface area contributed by atoms with Crippen LogP contribution in [0.1, 0.15) is 40.2 Å². The van der Waals surface area contributed by atoms with Gasteiger partial charge in [0, 0.05) is 6.54 Å². The van der Waals surface area contributed by atoms with Crippen molar-refractivity contribution in [2.75, 3.05) is 13.2 Å². The van der Waals surface area contributed by atoms with Gasteiger partial charge in [0.1, 0.15) is 5.56 Å². The van der Waals surface area contributed by atoms with Crippen LogP contribution in [0, 0.1) is 13.8 Å². The second kappa shape index (κ2) is 9.19. The Morgan fingerprint density at radius 3 is 2.31 bits per heavy atom. The summed E-state index contributed by atoms with van der Waals surface area (Å²) >= 11 is 0. The van der Waals surface area contributed by atoms with Crippen molar-refractivity contribution in [3.05, 3.63) is 83.2 Å². The van der Waals surface area contributed by atoms with E-state index in [2.05, 4.69) is 10.4 Å². The van der Waals surface area contributed by atoms with Crippen molar-refractivity contribution >= 4 is 11.9 Å². The lowest BCUT2D eigenvalue weighted by Gasteiger charge is -2.13. The smallest absolute Gasteiger partial charge is 0.342 e. The van der Waals surface area contributed by atoms with E-state index in [-0.39, 0.29) is 18.4 Å². The second-order valence-electron chi connectivity index (χ2n) is 6.99. The molecule has 6 heteroatoms. The van der Waals surface area contributed by atoms with Gasteiger partial charge in [0.15, 0.2) is 6.61 Å². The van der Waals surface area contributed by atoms with E-state index in [0.717, 1.165) is 11.3 Å². The number of hydrogen-bond donors (Lipinski definition) is 1. The number of benzene rings is 2. The molecule has 6 nitrogen and oxygen atoms in total. The number of nitrogens with zero attached hydrogens (tertiary/aromatic N) is 2. The van der Waals surface area contributed by atoms with Crippen LogP contribution in [0.3, 0.4) is 0 Å². The van der Waals surface area contributed by atoms with E-state index >= 15 is 0 Å². The molecule has 0 spiro atoms. The maximum atomic E-state index is 12.5. The van der Waals surface area contributed by atoms with Gasteiger partial charge in [0.25, 0.3) is 5.91 Å². The summed E-state index contributed by atoms with van der Waals surface area (Å²) in [5.41, 5.74) is 3.63. The van der Waals surface area contributed by atoms with Gasteiger partial charge in [-0.2, -0.15) is 5.10 Å². The summed E-state index contributed by atoms with van der Waals surface area (Å²) < 4.78 is 6.94. The summed E-state index contributed by atoms with van der Waals surface area (Å²) in [6.07, 6.45) is 0. The zero-order chi connectivity index (χ0) is 20.8. The maximum absolute atomic E-state index is 12.5. The standard InChI is InChI=1S/C23H25N3O3/c1-16(19-10-6-4-7-11-19)14-24-21(27)15-29-23(28)22-17(2)25-26(18(22)3)20-12-8-5-9-13-20/h4-13,16H,14-15H2,1-3H3,(H,24,27)/t16-/m0/s1. The topological polar surface area (TPSA) is 73.2 Å². The second-order valence-corrected chi connectivity index (χ2v) is 6.99. The lowest BCUT2D eigenvalue weighted by molar-refractivity contribution is -0.124. The van der Waals surface area contributed by atoms with Crippen LogP contribution in [-0.2, 0) is 9.53 Å². The predicted molar refractivity (Wildman–Crippen MR) is 111 cm³/mol. The summed E-state index contributed by atoms with van der Waals surface area (Å²) in [5, 5.41) is 7.25. The first-order chi connectivity index (χ1) is 14.0. The fourth-order valence-corrected chi connectivity index (χ4v) is 3.18. The molecule has 0 aliphatic heterocycles. The molecule has 3 rings (SSSR count). The molecule has 0 radical (unpaired) electrons. The minimum Gasteiger partial charge on any atom is -0.452 e. The number of amides is 1.